The highest BCUT2D eigenvalue weighted by molar-refractivity contribution is 7.79. The smallest absolute Gasteiger partial charge is 0 e. The lowest BCUT2D eigenvalue weighted by Crippen LogP contribution is -2.20. The van der Waals surface area contributed by atoms with Gasteiger partial charge in [-0.05, 0) is 23.8 Å². The molecule has 2 radical (unpaired) electrons. The summed E-state index contributed by atoms with van der Waals surface area (Å²) in [6, 6.07) is 32.3. The van der Waals surface area contributed by atoms with Crippen LogP contribution in [0.2, 0.25) is 0 Å². The Morgan fingerprint density at radius 3 is 0.900 bits per heavy atom. The van der Waals surface area contributed by atoms with Gasteiger partial charge in [0.2, 0.25) is 0 Å². The molecule has 3 aromatic rings. The number of hydrogen-bond acceptors (Lipinski definition) is 0. The van der Waals surface area contributed by atoms with E-state index in [1.54, 1.807) is 0 Å². The molecule has 3 aromatic carbocycles. The summed E-state index contributed by atoms with van der Waals surface area (Å²) in [6.07, 6.45) is 0. The van der Waals surface area contributed by atoms with Crippen LogP contribution in [0, 0.1) is 0 Å². The highest BCUT2D eigenvalue weighted by Crippen LogP contribution is 2.32. The lowest BCUT2D eigenvalue weighted by atomic mass is 10.4. The maximum atomic E-state index is 2.23. The van der Waals surface area contributed by atoms with Crippen molar-refractivity contribution in [3.63, 3.8) is 0 Å². The van der Waals surface area contributed by atoms with Gasteiger partial charge in [-0.1, -0.05) is 91.0 Å². The van der Waals surface area contributed by atoms with E-state index >= 15 is 0 Å². The zero-order chi connectivity index (χ0) is 12.9. The number of benzene rings is 3. The molecule has 0 heterocycles. The van der Waals surface area contributed by atoms with Gasteiger partial charge in [-0.3, -0.25) is 0 Å². The van der Waals surface area contributed by atoms with Crippen molar-refractivity contribution in [3.05, 3.63) is 91.0 Å². The molecule has 0 spiro atoms. The highest BCUT2D eigenvalue weighted by atomic mass is 32.1. The predicted octanol–water partition coefficient (Wildman–Crippen LogP) is 4.09. The summed E-state index contributed by atoms with van der Waals surface area (Å²) in [4.78, 5) is 0. The summed E-state index contributed by atoms with van der Waals surface area (Å²) in [6.45, 7) is 0. The minimum atomic E-state index is -0.446. The second-order valence-corrected chi connectivity index (χ2v) is 6.56. The average Bonchev–Trinajstić information content (AvgIpc) is 2.51. The molecule has 2 heteroatoms. The number of rotatable bonds is 3. The molecule has 0 N–H and O–H groups in total. The van der Waals surface area contributed by atoms with Gasteiger partial charge in [0, 0.05) is 13.5 Å². The fourth-order valence-corrected chi connectivity index (χ4v) is 4.48. The van der Waals surface area contributed by atoms with Gasteiger partial charge in [-0.15, -0.1) is 0 Å². The summed E-state index contributed by atoms with van der Waals surface area (Å²) in [7, 11) is -0.446. The Balaban J connectivity index is 0.00000147. The van der Waals surface area contributed by atoms with Crippen LogP contribution in [0.4, 0.5) is 0 Å². The molecule has 0 fully saturated rings. The summed E-state index contributed by atoms with van der Waals surface area (Å²) in [5, 5.41) is 4.19. The lowest BCUT2D eigenvalue weighted by Gasteiger charge is -2.18. The molecule has 98 valence electrons. The van der Waals surface area contributed by atoms with Crippen molar-refractivity contribution >= 4 is 37.3 Å². The second kappa shape index (κ2) is 7.28. The first-order chi connectivity index (χ1) is 9.45. The third kappa shape index (κ3) is 3.30. The van der Waals surface area contributed by atoms with Crippen LogP contribution in [0.5, 0.6) is 0 Å². The van der Waals surface area contributed by atoms with Gasteiger partial charge in [0.1, 0.15) is 0 Å². The lowest BCUT2D eigenvalue weighted by molar-refractivity contribution is 1.74. The largest absolute Gasteiger partial charge is 0.0622 e. The van der Waals surface area contributed by atoms with Crippen LogP contribution >= 0.6 is 21.4 Å². The maximum absolute atomic E-state index is 2.23. The molecule has 0 bridgehead atoms. The third-order valence-electron chi connectivity index (χ3n) is 3.04. The predicted molar refractivity (Wildman–Crippen MR) is 92.7 cm³/mol. The molecule has 0 saturated carbocycles. The quantitative estimate of drug-likeness (QED) is 0.638. The van der Waals surface area contributed by atoms with Crippen LogP contribution in [0.25, 0.3) is 0 Å². The monoisotopic (exact) mass is 294 g/mol. The van der Waals surface area contributed by atoms with Crippen molar-refractivity contribution < 1.29 is 0 Å². The van der Waals surface area contributed by atoms with E-state index < -0.39 is 7.92 Å². The van der Waals surface area contributed by atoms with Crippen molar-refractivity contribution in [2.45, 2.75) is 0 Å². The van der Waals surface area contributed by atoms with E-state index in [1.165, 1.54) is 15.9 Å². The van der Waals surface area contributed by atoms with Crippen LogP contribution in [0.3, 0.4) is 0 Å². The molecule has 3 rings (SSSR count). The summed E-state index contributed by atoms with van der Waals surface area (Å²) in [5.74, 6) is 0. The van der Waals surface area contributed by atoms with E-state index in [4.69, 9.17) is 0 Å². The molecule has 20 heavy (non-hydrogen) atoms. The van der Waals surface area contributed by atoms with Gasteiger partial charge in [0.05, 0.1) is 0 Å². The highest BCUT2D eigenvalue weighted by Gasteiger charge is 2.14. The van der Waals surface area contributed by atoms with Gasteiger partial charge in [0.15, 0.2) is 0 Å². The van der Waals surface area contributed by atoms with Gasteiger partial charge >= 0.3 is 0 Å². The molecule has 0 nitrogen and oxygen atoms in total. The standard InChI is InChI=1S/C18H15P.S/c1-4-10-16(11-5-1)19(17-12-6-2-7-13-17)18-14-8-3-9-15-18;/h1-15H;. The van der Waals surface area contributed by atoms with Crippen LogP contribution in [0.15, 0.2) is 91.0 Å². The van der Waals surface area contributed by atoms with Gasteiger partial charge < -0.3 is 0 Å². The molecule has 0 aliphatic rings. The van der Waals surface area contributed by atoms with E-state index in [0.29, 0.717) is 0 Å². The molecule has 0 aromatic heterocycles. The fourth-order valence-electron chi connectivity index (χ4n) is 2.18. The van der Waals surface area contributed by atoms with E-state index in [0.717, 1.165) is 0 Å². The third-order valence-corrected chi connectivity index (χ3v) is 5.49. The first kappa shape index (κ1) is 14.8. The molecule has 0 saturated heterocycles. The summed E-state index contributed by atoms with van der Waals surface area (Å²) >= 11 is 0. The first-order valence-corrected chi connectivity index (χ1v) is 7.74. The fraction of sp³-hybridized carbons (Fsp3) is 0. The SMILES string of the molecule is [S].c1ccc(P(c2ccccc2)c2ccccc2)cc1. The molecule has 0 unspecified atom stereocenters. The Kier molecular flexibility index (Phi) is 5.40. The van der Waals surface area contributed by atoms with Crippen LogP contribution in [0.1, 0.15) is 0 Å². The minimum absolute atomic E-state index is 0. The molecule has 0 aliphatic carbocycles. The summed E-state index contributed by atoms with van der Waals surface area (Å²) in [5.41, 5.74) is 0. The normalized spacial score (nSPS) is 10.1. The summed E-state index contributed by atoms with van der Waals surface area (Å²) < 4.78 is 0. The zero-order valence-electron chi connectivity index (χ0n) is 11.0. The minimum Gasteiger partial charge on any atom is -0.0622 e. The van der Waals surface area contributed by atoms with Crippen molar-refractivity contribution in [1.29, 1.82) is 0 Å². The second-order valence-electron chi connectivity index (χ2n) is 4.34. The number of hydrogen-bond donors (Lipinski definition) is 0. The topological polar surface area (TPSA) is 0 Å². The Hall–Kier alpha value is -1.56. The first-order valence-electron chi connectivity index (χ1n) is 6.40. The molecule has 0 amide bonds. The van der Waals surface area contributed by atoms with Crippen molar-refractivity contribution in [3.8, 4) is 0 Å². The average molecular weight is 294 g/mol. The van der Waals surface area contributed by atoms with E-state index in [2.05, 4.69) is 91.0 Å². The van der Waals surface area contributed by atoms with Crippen LogP contribution in [-0.4, -0.2) is 0 Å². The Bertz CT molecular complexity index is 529. The molecular weight excluding hydrogens is 279 g/mol. The molecule has 0 atom stereocenters. The van der Waals surface area contributed by atoms with Gasteiger partial charge in [-0.2, -0.15) is 0 Å². The molecule has 0 aliphatic heterocycles. The Labute approximate surface area is 128 Å². The van der Waals surface area contributed by atoms with Crippen LogP contribution in [-0.2, 0) is 0 Å². The van der Waals surface area contributed by atoms with E-state index in [1.807, 2.05) is 0 Å². The zero-order valence-corrected chi connectivity index (χ0v) is 12.7. The molecular formula is C18H15PS. The van der Waals surface area contributed by atoms with Crippen molar-refractivity contribution in [1.82, 2.24) is 0 Å². The van der Waals surface area contributed by atoms with Gasteiger partial charge in [-0.25, -0.2) is 0 Å². The van der Waals surface area contributed by atoms with Crippen molar-refractivity contribution in [2.24, 2.45) is 0 Å². The van der Waals surface area contributed by atoms with Gasteiger partial charge in [0.25, 0.3) is 0 Å². The Morgan fingerprint density at radius 1 is 0.400 bits per heavy atom. The van der Waals surface area contributed by atoms with Crippen LogP contribution < -0.4 is 15.9 Å². The maximum Gasteiger partial charge on any atom is 0 e. The van der Waals surface area contributed by atoms with E-state index in [9.17, 15) is 0 Å². The van der Waals surface area contributed by atoms with Crippen molar-refractivity contribution in [2.75, 3.05) is 0 Å². The Morgan fingerprint density at radius 2 is 0.650 bits per heavy atom. The van der Waals surface area contributed by atoms with E-state index in [-0.39, 0.29) is 13.5 Å².